The maximum absolute atomic E-state index is 5.81. The van der Waals surface area contributed by atoms with Gasteiger partial charge in [0, 0.05) is 12.6 Å². The standard InChI is InChI=1S/C10H18N4S/c1-2-14(10-13-12-7-15-10)9-5-3-4-8(9)6-11/h7-9H,2-6,11H2,1H3. The van der Waals surface area contributed by atoms with Gasteiger partial charge >= 0.3 is 0 Å². The van der Waals surface area contributed by atoms with Gasteiger partial charge in [-0.3, -0.25) is 0 Å². The van der Waals surface area contributed by atoms with E-state index in [4.69, 9.17) is 5.73 Å². The number of hydrogen-bond acceptors (Lipinski definition) is 5. The van der Waals surface area contributed by atoms with Crippen molar-refractivity contribution in [3.8, 4) is 0 Å². The van der Waals surface area contributed by atoms with Crippen LogP contribution in [0.25, 0.3) is 0 Å². The second-order valence-electron chi connectivity index (χ2n) is 4.00. The van der Waals surface area contributed by atoms with Crippen LogP contribution in [0.4, 0.5) is 5.13 Å². The average molecular weight is 226 g/mol. The normalized spacial score (nSPS) is 25.7. The fraction of sp³-hybridized carbons (Fsp3) is 0.800. The van der Waals surface area contributed by atoms with E-state index in [0.717, 1.165) is 18.2 Å². The van der Waals surface area contributed by atoms with Gasteiger partial charge in [0.05, 0.1) is 0 Å². The Morgan fingerprint density at radius 1 is 1.60 bits per heavy atom. The summed E-state index contributed by atoms with van der Waals surface area (Å²) in [4.78, 5) is 2.36. The monoisotopic (exact) mass is 226 g/mol. The summed E-state index contributed by atoms with van der Waals surface area (Å²) in [5.74, 6) is 0.633. The Kier molecular flexibility index (Phi) is 3.53. The zero-order chi connectivity index (χ0) is 10.7. The van der Waals surface area contributed by atoms with Gasteiger partial charge in [0.1, 0.15) is 5.51 Å². The van der Waals surface area contributed by atoms with Gasteiger partial charge < -0.3 is 10.6 Å². The van der Waals surface area contributed by atoms with Crippen molar-refractivity contribution in [2.24, 2.45) is 11.7 Å². The second kappa shape index (κ2) is 4.90. The molecule has 84 valence electrons. The van der Waals surface area contributed by atoms with E-state index in [1.54, 1.807) is 16.8 Å². The highest BCUT2D eigenvalue weighted by Crippen LogP contribution is 2.32. The van der Waals surface area contributed by atoms with Gasteiger partial charge in [-0.2, -0.15) is 0 Å². The number of nitrogens with two attached hydrogens (primary N) is 1. The quantitative estimate of drug-likeness (QED) is 0.845. The van der Waals surface area contributed by atoms with Gasteiger partial charge in [-0.05, 0) is 32.2 Å². The van der Waals surface area contributed by atoms with E-state index in [2.05, 4.69) is 22.0 Å². The average Bonchev–Trinajstić information content (AvgIpc) is 2.89. The molecule has 2 rings (SSSR count). The van der Waals surface area contributed by atoms with Crippen molar-refractivity contribution in [1.29, 1.82) is 0 Å². The summed E-state index contributed by atoms with van der Waals surface area (Å²) in [5.41, 5.74) is 7.61. The van der Waals surface area contributed by atoms with Crippen LogP contribution in [0, 0.1) is 5.92 Å². The minimum atomic E-state index is 0.577. The van der Waals surface area contributed by atoms with Crippen molar-refractivity contribution < 1.29 is 0 Å². The van der Waals surface area contributed by atoms with Crippen molar-refractivity contribution >= 4 is 16.5 Å². The molecule has 2 N–H and O–H groups in total. The fourth-order valence-electron chi connectivity index (χ4n) is 2.51. The highest BCUT2D eigenvalue weighted by atomic mass is 32.1. The van der Waals surface area contributed by atoms with Crippen molar-refractivity contribution in [3.05, 3.63) is 5.51 Å². The Balaban J connectivity index is 2.12. The first-order chi connectivity index (χ1) is 7.36. The Morgan fingerprint density at radius 2 is 2.47 bits per heavy atom. The first-order valence-corrected chi connectivity index (χ1v) is 6.47. The van der Waals surface area contributed by atoms with Gasteiger partial charge in [0.25, 0.3) is 0 Å². The van der Waals surface area contributed by atoms with Crippen molar-refractivity contribution in [3.63, 3.8) is 0 Å². The molecule has 4 nitrogen and oxygen atoms in total. The molecule has 0 bridgehead atoms. The molecular weight excluding hydrogens is 208 g/mol. The highest BCUT2D eigenvalue weighted by Gasteiger charge is 2.31. The Morgan fingerprint density at radius 3 is 3.07 bits per heavy atom. The second-order valence-corrected chi connectivity index (χ2v) is 4.81. The van der Waals surface area contributed by atoms with Crippen LogP contribution < -0.4 is 10.6 Å². The van der Waals surface area contributed by atoms with Crippen LogP contribution in [0.5, 0.6) is 0 Å². The molecule has 0 aliphatic heterocycles. The summed E-state index contributed by atoms with van der Waals surface area (Å²) in [6.07, 6.45) is 3.80. The predicted molar refractivity (Wildman–Crippen MR) is 63.1 cm³/mol. The zero-order valence-electron chi connectivity index (χ0n) is 9.09. The summed E-state index contributed by atoms with van der Waals surface area (Å²) in [6, 6.07) is 0.577. The van der Waals surface area contributed by atoms with Crippen molar-refractivity contribution in [2.45, 2.75) is 32.2 Å². The molecule has 0 aromatic carbocycles. The van der Waals surface area contributed by atoms with E-state index in [9.17, 15) is 0 Å². The lowest BCUT2D eigenvalue weighted by Crippen LogP contribution is -2.40. The molecule has 0 radical (unpaired) electrons. The van der Waals surface area contributed by atoms with Crippen LogP contribution in [0.1, 0.15) is 26.2 Å². The third kappa shape index (κ3) is 2.13. The maximum atomic E-state index is 5.81. The van der Waals surface area contributed by atoms with Gasteiger partial charge in [0.2, 0.25) is 5.13 Å². The number of aromatic nitrogens is 2. The van der Waals surface area contributed by atoms with Gasteiger partial charge in [-0.15, -0.1) is 10.2 Å². The van der Waals surface area contributed by atoms with Crippen LogP contribution >= 0.6 is 11.3 Å². The molecule has 1 saturated carbocycles. The minimum Gasteiger partial charge on any atom is -0.344 e. The first-order valence-electron chi connectivity index (χ1n) is 5.59. The molecule has 1 heterocycles. The highest BCUT2D eigenvalue weighted by molar-refractivity contribution is 7.13. The molecule has 1 aliphatic carbocycles. The van der Waals surface area contributed by atoms with Gasteiger partial charge in [-0.25, -0.2) is 0 Å². The Bertz CT molecular complexity index is 288. The SMILES string of the molecule is CCN(c1nncs1)C1CCCC1CN. The molecule has 1 aromatic rings. The lowest BCUT2D eigenvalue weighted by molar-refractivity contribution is 0.461. The molecule has 1 aliphatic rings. The van der Waals surface area contributed by atoms with E-state index >= 15 is 0 Å². The van der Waals surface area contributed by atoms with E-state index in [1.165, 1.54) is 19.3 Å². The largest absolute Gasteiger partial charge is 0.344 e. The summed E-state index contributed by atoms with van der Waals surface area (Å²) in [7, 11) is 0. The van der Waals surface area contributed by atoms with Crippen LogP contribution in [0.15, 0.2) is 5.51 Å². The van der Waals surface area contributed by atoms with E-state index in [-0.39, 0.29) is 0 Å². The number of rotatable bonds is 4. The van der Waals surface area contributed by atoms with Crippen LogP contribution in [0.3, 0.4) is 0 Å². The minimum absolute atomic E-state index is 0.577. The van der Waals surface area contributed by atoms with Crippen molar-refractivity contribution in [2.75, 3.05) is 18.0 Å². The maximum Gasteiger partial charge on any atom is 0.208 e. The molecule has 2 unspecified atom stereocenters. The summed E-state index contributed by atoms with van der Waals surface area (Å²) in [6.45, 7) is 3.96. The molecule has 0 spiro atoms. The van der Waals surface area contributed by atoms with Crippen LogP contribution in [-0.4, -0.2) is 29.3 Å². The predicted octanol–water partition coefficient (Wildman–Crippen LogP) is 1.49. The molecule has 1 fully saturated rings. The van der Waals surface area contributed by atoms with Gasteiger partial charge in [0.15, 0.2) is 0 Å². The molecule has 0 amide bonds. The van der Waals surface area contributed by atoms with Crippen LogP contribution in [0.2, 0.25) is 0 Å². The number of nitrogens with zero attached hydrogens (tertiary/aromatic N) is 3. The first kappa shape index (κ1) is 10.8. The van der Waals surface area contributed by atoms with Crippen molar-refractivity contribution in [1.82, 2.24) is 10.2 Å². The fourth-order valence-corrected chi connectivity index (χ4v) is 3.19. The zero-order valence-corrected chi connectivity index (χ0v) is 9.91. The summed E-state index contributed by atoms with van der Waals surface area (Å²) < 4.78 is 0. The van der Waals surface area contributed by atoms with Gasteiger partial charge in [-0.1, -0.05) is 17.8 Å². The van der Waals surface area contributed by atoms with E-state index in [0.29, 0.717) is 12.0 Å². The topological polar surface area (TPSA) is 55.0 Å². The van der Waals surface area contributed by atoms with E-state index in [1.807, 2.05) is 0 Å². The third-order valence-corrected chi connectivity index (χ3v) is 3.98. The molecule has 2 atom stereocenters. The molecule has 15 heavy (non-hydrogen) atoms. The molecule has 5 heteroatoms. The third-order valence-electron chi connectivity index (χ3n) is 3.26. The molecule has 0 saturated heterocycles. The molecule has 1 aromatic heterocycles. The lowest BCUT2D eigenvalue weighted by atomic mass is 10.0. The van der Waals surface area contributed by atoms with Crippen LogP contribution in [-0.2, 0) is 0 Å². The Labute approximate surface area is 94.5 Å². The summed E-state index contributed by atoms with van der Waals surface area (Å²) >= 11 is 1.62. The lowest BCUT2D eigenvalue weighted by Gasteiger charge is -2.31. The number of hydrogen-bond donors (Lipinski definition) is 1. The smallest absolute Gasteiger partial charge is 0.208 e. The van der Waals surface area contributed by atoms with E-state index < -0.39 is 0 Å². The number of anilines is 1. The Hall–Kier alpha value is -0.680. The molecular formula is C10H18N4S. The summed E-state index contributed by atoms with van der Waals surface area (Å²) in [5, 5.41) is 9.11.